The molecule has 1 aliphatic carbocycles. The van der Waals surface area contributed by atoms with Crippen molar-refractivity contribution in [2.45, 2.75) is 43.7 Å². The predicted octanol–water partition coefficient (Wildman–Crippen LogP) is 2.58. The zero-order valence-electron chi connectivity index (χ0n) is 17.1. The van der Waals surface area contributed by atoms with Crippen LogP contribution >= 0.6 is 0 Å². The summed E-state index contributed by atoms with van der Waals surface area (Å²) in [5.74, 6) is 0.987. The van der Waals surface area contributed by atoms with Crippen LogP contribution in [0.5, 0.6) is 5.75 Å². The van der Waals surface area contributed by atoms with Crippen LogP contribution in [0, 0.1) is 5.92 Å². The largest absolute Gasteiger partial charge is 0.496 e. The number of piperidine rings is 1. The first-order valence-corrected chi connectivity index (χ1v) is 10.7. The molecule has 2 aliphatic rings. The van der Waals surface area contributed by atoms with E-state index in [0.29, 0.717) is 6.54 Å². The number of para-hydroxylation sites is 2. The Morgan fingerprint density at radius 3 is 2.69 bits per heavy atom. The van der Waals surface area contributed by atoms with Gasteiger partial charge in [0.25, 0.3) is 5.91 Å². The summed E-state index contributed by atoms with van der Waals surface area (Å²) >= 11 is 0. The number of carbonyl (C=O) groups excluding carboxylic acids is 1. The van der Waals surface area contributed by atoms with Gasteiger partial charge in [0.05, 0.1) is 24.8 Å². The molecule has 154 valence electrons. The lowest BCUT2D eigenvalue weighted by atomic mass is 9.66. The Labute approximate surface area is 172 Å². The van der Waals surface area contributed by atoms with E-state index in [2.05, 4.69) is 11.4 Å². The number of hydrogen-bond acceptors (Lipinski definition) is 3. The smallest absolute Gasteiger partial charge is 0.279 e. The molecule has 2 fully saturated rings. The average Bonchev–Trinajstić information content (AvgIpc) is 2.74. The zero-order chi connectivity index (χ0) is 20.3. The SMILES string of the molecule is COc1ccccc1[C@H]1[C@@H]2CCCC[C@]2(O)CC[NH+]1CC(=O)Nc1ccccc1. The lowest BCUT2D eigenvalue weighted by molar-refractivity contribution is -0.937. The van der Waals surface area contributed by atoms with Crippen LogP contribution in [-0.4, -0.2) is 36.8 Å². The van der Waals surface area contributed by atoms with Crippen LogP contribution in [0.4, 0.5) is 5.69 Å². The molecule has 0 spiro atoms. The number of carbonyl (C=O) groups is 1. The second kappa shape index (κ2) is 8.56. The molecule has 1 saturated carbocycles. The number of fused-ring (bicyclic) bond motifs is 1. The van der Waals surface area contributed by atoms with Crippen LogP contribution in [0.15, 0.2) is 54.6 Å². The van der Waals surface area contributed by atoms with Crippen molar-refractivity contribution in [3.8, 4) is 5.75 Å². The Morgan fingerprint density at radius 1 is 1.14 bits per heavy atom. The van der Waals surface area contributed by atoms with Gasteiger partial charge < -0.3 is 20.1 Å². The first kappa shape index (κ1) is 19.9. The molecule has 0 aromatic heterocycles. The van der Waals surface area contributed by atoms with Gasteiger partial charge in [-0.25, -0.2) is 0 Å². The summed E-state index contributed by atoms with van der Waals surface area (Å²) in [5, 5.41) is 14.4. The minimum absolute atomic E-state index is 0.00680. The fourth-order valence-electron chi connectivity index (χ4n) is 5.35. The summed E-state index contributed by atoms with van der Waals surface area (Å²) < 4.78 is 5.66. The summed E-state index contributed by atoms with van der Waals surface area (Å²) in [5.41, 5.74) is 1.28. The van der Waals surface area contributed by atoms with E-state index in [4.69, 9.17) is 4.74 Å². The minimum atomic E-state index is -0.636. The highest BCUT2D eigenvalue weighted by Gasteiger charge is 2.52. The van der Waals surface area contributed by atoms with E-state index in [1.807, 2.05) is 48.5 Å². The molecule has 1 aliphatic heterocycles. The van der Waals surface area contributed by atoms with Crippen molar-refractivity contribution in [3.63, 3.8) is 0 Å². The van der Waals surface area contributed by atoms with Gasteiger partial charge in [-0.05, 0) is 37.1 Å². The maximum Gasteiger partial charge on any atom is 0.279 e. The van der Waals surface area contributed by atoms with E-state index >= 15 is 0 Å². The number of methoxy groups -OCH3 is 1. The molecule has 3 N–H and O–H groups in total. The first-order valence-electron chi connectivity index (χ1n) is 10.7. The van der Waals surface area contributed by atoms with Crippen molar-refractivity contribution < 1.29 is 19.5 Å². The fourth-order valence-corrected chi connectivity index (χ4v) is 5.35. The lowest BCUT2D eigenvalue weighted by Gasteiger charge is -2.50. The average molecular weight is 396 g/mol. The van der Waals surface area contributed by atoms with E-state index in [0.717, 1.165) is 55.6 Å². The van der Waals surface area contributed by atoms with Gasteiger partial charge in [-0.3, -0.25) is 4.79 Å². The Morgan fingerprint density at radius 2 is 1.90 bits per heavy atom. The van der Waals surface area contributed by atoms with Crippen molar-refractivity contribution >= 4 is 11.6 Å². The number of ether oxygens (including phenoxy) is 1. The van der Waals surface area contributed by atoms with Gasteiger partial charge in [0.15, 0.2) is 6.54 Å². The molecule has 5 nitrogen and oxygen atoms in total. The molecule has 1 heterocycles. The fraction of sp³-hybridized carbons (Fsp3) is 0.458. The van der Waals surface area contributed by atoms with Gasteiger partial charge in [-0.15, -0.1) is 0 Å². The van der Waals surface area contributed by atoms with Gasteiger partial charge in [-0.2, -0.15) is 0 Å². The van der Waals surface area contributed by atoms with Crippen LogP contribution in [0.25, 0.3) is 0 Å². The summed E-state index contributed by atoms with van der Waals surface area (Å²) in [6.45, 7) is 1.15. The van der Waals surface area contributed by atoms with Gasteiger partial charge in [0.2, 0.25) is 0 Å². The minimum Gasteiger partial charge on any atom is -0.496 e. The highest BCUT2D eigenvalue weighted by atomic mass is 16.5. The number of hydrogen-bond donors (Lipinski definition) is 3. The molecule has 0 bridgehead atoms. The van der Waals surface area contributed by atoms with Crippen LogP contribution in [0.3, 0.4) is 0 Å². The van der Waals surface area contributed by atoms with Crippen molar-refractivity contribution in [1.29, 1.82) is 0 Å². The second-order valence-electron chi connectivity index (χ2n) is 8.42. The van der Waals surface area contributed by atoms with Crippen LogP contribution in [-0.2, 0) is 4.79 Å². The molecule has 0 radical (unpaired) electrons. The maximum absolute atomic E-state index is 12.8. The third-order valence-electron chi connectivity index (χ3n) is 6.71. The number of likely N-dealkylation sites (tertiary alicyclic amines) is 1. The van der Waals surface area contributed by atoms with Gasteiger partial charge in [0.1, 0.15) is 11.8 Å². The molecule has 29 heavy (non-hydrogen) atoms. The Balaban J connectivity index is 1.61. The van der Waals surface area contributed by atoms with Crippen LogP contribution < -0.4 is 15.0 Å². The molecule has 4 rings (SSSR count). The van der Waals surface area contributed by atoms with E-state index in [1.165, 1.54) is 4.90 Å². The normalized spacial score (nSPS) is 29.0. The number of quaternary nitrogens is 1. The van der Waals surface area contributed by atoms with Gasteiger partial charge >= 0.3 is 0 Å². The zero-order valence-corrected chi connectivity index (χ0v) is 17.1. The highest BCUT2D eigenvalue weighted by Crippen LogP contribution is 2.45. The van der Waals surface area contributed by atoms with Crippen molar-refractivity contribution in [2.24, 2.45) is 5.92 Å². The number of benzene rings is 2. The molecule has 1 amide bonds. The highest BCUT2D eigenvalue weighted by molar-refractivity contribution is 5.91. The summed E-state index contributed by atoms with van der Waals surface area (Å²) in [4.78, 5) is 14.0. The third kappa shape index (κ3) is 4.16. The van der Waals surface area contributed by atoms with Gasteiger partial charge in [-0.1, -0.05) is 43.2 Å². The van der Waals surface area contributed by atoms with E-state index in [1.54, 1.807) is 7.11 Å². The topological polar surface area (TPSA) is 63.0 Å². The molecule has 2 aromatic carbocycles. The third-order valence-corrected chi connectivity index (χ3v) is 6.71. The number of anilines is 1. The summed E-state index contributed by atoms with van der Waals surface area (Å²) in [7, 11) is 1.69. The summed E-state index contributed by atoms with van der Waals surface area (Å²) in [6, 6.07) is 17.7. The van der Waals surface area contributed by atoms with Crippen LogP contribution in [0.2, 0.25) is 0 Å². The number of nitrogens with one attached hydrogen (secondary N) is 2. The first-order chi connectivity index (χ1) is 14.1. The predicted molar refractivity (Wildman–Crippen MR) is 113 cm³/mol. The molecular weight excluding hydrogens is 364 g/mol. The summed E-state index contributed by atoms with van der Waals surface area (Å²) in [6.07, 6.45) is 4.80. The maximum atomic E-state index is 12.8. The van der Waals surface area contributed by atoms with E-state index < -0.39 is 5.60 Å². The van der Waals surface area contributed by atoms with Gasteiger partial charge in [0, 0.05) is 18.0 Å². The molecule has 5 heteroatoms. The number of rotatable bonds is 5. The van der Waals surface area contributed by atoms with Crippen molar-refractivity contribution in [2.75, 3.05) is 25.5 Å². The molecule has 1 saturated heterocycles. The van der Waals surface area contributed by atoms with Crippen LogP contribution in [0.1, 0.15) is 43.7 Å². The standard InChI is InChI=1S/C24H30N2O3/c1-29-21-13-6-5-11-19(21)23-20-12-7-8-14-24(20,28)15-16-26(23)17-22(27)25-18-9-3-2-4-10-18/h2-6,9-11,13,20,23,28H,7-8,12,14-17H2,1H3,(H,25,27)/p+1/t20-,23-,24-/m0/s1. The Bertz CT molecular complexity index is 841. The number of amides is 1. The Kier molecular flexibility index (Phi) is 5.88. The molecular formula is C24H31N2O3+. The molecule has 2 aromatic rings. The quantitative estimate of drug-likeness (QED) is 0.729. The monoisotopic (exact) mass is 395 g/mol. The van der Waals surface area contributed by atoms with E-state index in [9.17, 15) is 9.90 Å². The van der Waals surface area contributed by atoms with Crippen molar-refractivity contribution in [3.05, 3.63) is 60.2 Å². The lowest BCUT2D eigenvalue weighted by Crippen LogP contribution is -3.16. The van der Waals surface area contributed by atoms with Crippen molar-refractivity contribution in [1.82, 2.24) is 0 Å². The van der Waals surface area contributed by atoms with E-state index in [-0.39, 0.29) is 17.9 Å². The second-order valence-corrected chi connectivity index (χ2v) is 8.42. The molecule has 4 atom stereocenters. The number of aliphatic hydroxyl groups is 1. The molecule has 1 unspecified atom stereocenters. The Hall–Kier alpha value is -2.37.